The van der Waals surface area contributed by atoms with Crippen molar-refractivity contribution in [1.82, 2.24) is 9.78 Å². The van der Waals surface area contributed by atoms with Gasteiger partial charge in [-0.25, -0.2) is 4.68 Å². The maximum atomic E-state index is 12.0. The molecule has 2 rings (SSSR count). The predicted octanol–water partition coefficient (Wildman–Crippen LogP) is 1.21. The summed E-state index contributed by atoms with van der Waals surface area (Å²) in [6, 6.07) is 8.43. The Balaban J connectivity index is 2.24. The standard InChI is InChI=1S/C15H18N4O2/c1-2-7-17-12-8-14(20)19(18-9-12)10-11-5-3-4-6-13(11)15(16)21/h3-6,8-9,17H,2,7,10H2,1H3,(H2,16,21). The molecule has 2 aromatic rings. The number of primary amides is 1. The fourth-order valence-corrected chi connectivity index (χ4v) is 1.98. The number of nitrogens with one attached hydrogen (secondary N) is 1. The summed E-state index contributed by atoms with van der Waals surface area (Å²) in [5.41, 5.74) is 6.87. The van der Waals surface area contributed by atoms with Gasteiger partial charge in [0.2, 0.25) is 5.91 Å². The lowest BCUT2D eigenvalue weighted by molar-refractivity contribution is 0.0999. The molecule has 1 heterocycles. The Hall–Kier alpha value is -2.63. The normalized spacial score (nSPS) is 10.3. The molecule has 6 heteroatoms. The van der Waals surface area contributed by atoms with Crippen molar-refractivity contribution in [3.05, 3.63) is 58.0 Å². The van der Waals surface area contributed by atoms with E-state index in [2.05, 4.69) is 10.4 Å². The molecule has 110 valence electrons. The lowest BCUT2D eigenvalue weighted by Gasteiger charge is -2.09. The van der Waals surface area contributed by atoms with Crippen LogP contribution in [0.1, 0.15) is 29.3 Å². The van der Waals surface area contributed by atoms with E-state index in [9.17, 15) is 9.59 Å². The molecule has 1 aromatic carbocycles. The highest BCUT2D eigenvalue weighted by atomic mass is 16.1. The molecule has 6 nitrogen and oxygen atoms in total. The topological polar surface area (TPSA) is 90.0 Å². The summed E-state index contributed by atoms with van der Waals surface area (Å²) >= 11 is 0. The minimum atomic E-state index is -0.514. The zero-order valence-electron chi connectivity index (χ0n) is 11.9. The summed E-state index contributed by atoms with van der Waals surface area (Å²) in [4.78, 5) is 23.4. The molecule has 1 aromatic heterocycles. The lowest BCUT2D eigenvalue weighted by atomic mass is 10.1. The number of nitrogens with two attached hydrogens (primary N) is 1. The van der Waals surface area contributed by atoms with Crippen LogP contribution in [0.4, 0.5) is 5.69 Å². The molecule has 0 aliphatic heterocycles. The molecule has 0 spiro atoms. The highest BCUT2D eigenvalue weighted by Crippen LogP contribution is 2.09. The van der Waals surface area contributed by atoms with Crippen LogP contribution in [-0.2, 0) is 6.54 Å². The highest BCUT2D eigenvalue weighted by Gasteiger charge is 2.09. The second-order valence-corrected chi connectivity index (χ2v) is 4.69. The van der Waals surface area contributed by atoms with Gasteiger partial charge in [0.25, 0.3) is 5.56 Å². The number of benzene rings is 1. The molecule has 21 heavy (non-hydrogen) atoms. The fourth-order valence-electron chi connectivity index (χ4n) is 1.98. The molecule has 0 aliphatic carbocycles. The number of aromatic nitrogens is 2. The number of anilines is 1. The van der Waals surface area contributed by atoms with Crippen LogP contribution in [0.5, 0.6) is 0 Å². The number of carbonyl (C=O) groups is 1. The Morgan fingerprint density at radius 2 is 2.14 bits per heavy atom. The van der Waals surface area contributed by atoms with Gasteiger partial charge in [0.1, 0.15) is 0 Å². The summed E-state index contributed by atoms with van der Waals surface area (Å²) in [6.07, 6.45) is 2.57. The molecule has 0 unspecified atom stereocenters. The predicted molar refractivity (Wildman–Crippen MR) is 81.3 cm³/mol. The second kappa shape index (κ2) is 6.69. The summed E-state index contributed by atoms with van der Waals surface area (Å²) in [6.45, 7) is 3.05. The largest absolute Gasteiger partial charge is 0.384 e. The SMILES string of the molecule is CCCNc1cnn(Cc2ccccc2C(N)=O)c(=O)c1. The number of nitrogens with zero attached hydrogens (tertiary/aromatic N) is 2. The third-order valence-corrected chi connectivity index (χ3v) is 3.05. The van der Waals surface area contributed by atoms with E-state index in [0.717, 1.165) is 13.0 Å². The first kappa shape index (κ1) is 14.8. The van der Waals surface area contributed by atoms with Crippen LogP contribution in [-0.4, -0.2) is 22.2 Å². The monoisotopic (exact) mass is 286 g/mol. The quantitative estimate of drug-likeness (QED) is 0.835. The van der Waals surface area contributed by atoms with E-state index in [4.69, 9.17) is 5.73 Å². The smallest absolute Gasteiger partial charge is 0.269 e. The van der Waals surface area contributed by atoms with E-state index in [1.54, 1.807) is 30.5 Å². The average Bonchev–Trinajstić information content (AvgIpc) is 2.48. The molecular weight excluding hydrogens is 268 g/mol. The molecule has 3 N–H and O–H groups in total. The number of hydrogen-bond acceptors (Lipinski definition) is 4. The van der Waals surface area contributed by atoms with Crippen LogP contribution in [0.3, 0.4) is 0 Å². The van der Waals surface area contributed by atoms with Gasteiger partial charge in [-0.05, 0) is 18.1 Å². The van der Waals surface area contributed by atoms with Crippen LogP contribution >= 0.6 is 0 Å². The van der Waals surface area contributed by atoms with Gasteiger partial charge in [-0.2, -0.15) is 5.10 Å². The number of carbonyl (C=O) groups excluding carboxylic acids is 1. The van der Waals surface area contributed by atoms with E-state index in [-0.39, 0.29) is 12.1 Å². The fraction of sp³-hybridized carbons (Fsp3) is 0.267. The van der Waals surface area contributed by atoms with Crippen LogP contribution in [0.15, 0.2) is 41.3 Å². The average molecular weight is 286 g/mol. The van der Waals surface area contributed by atoms with Crippen molar-refractivity contribution in [2.45, 2.75) is 19.9 Å². The van der Waals surface area contributed by atoms with Crippen molar-refractivity contribution in [1.29, 1.82) is 0 Å². The Morgan fingerprint density at radius 1 is 1.38 bits per heavy atom. The molecule has 0 bridgehead atoms. The first-order chi connectivity index (χ1) is 10.1. The summed E-state index contributed by atoms with van der Waals surface area (Å²) < 4.78 is 1.30. The number of amides is 1. The first-order valence-corrected chi connectivity index (χ1v) is 6.80. The Labute approximate surface area is 122 Å². The van der Waals surface area contributed by atoms with Gasteiger partial charge in [-0.1, -0.05) is 25.1 Å². The van der Waals surface area contributed by atoms with E-state index < -0.39 is 5.91 Å². The molecule has 1 amide bonds. The summed E-state index contributed by atoms with van der Waals surface area (Å²) in [7, 11) is 0. The summed E-state index contributed by atoms with van der Waals surface area (Å²) in [5, 5.41) is 7.22. The van der Waals surface area contributed by atoms with Gasteiger partial charge in [-0.3, -0.25) is 9.59 Å². The molecular formula is C15H18N4O2. The van der Waals surface area contributed by atoms with Crippen LogP contribution in [0, 0.1) is 0 Å². The van der Waals surface area contributed by atoms with E-state index in [1.807, 2.05) is 6.92 Å². The first-order valence-electron chi connectivity index (χ1n) is 6.80. The zero-order valence-corrected chi connectivity index (χ0v) is 11.9. The van der Waals surface area contributed by atoms with Crippen molar-refractivity contribution in [2.75, 3.05) is 11.9 Å². The molecule has 0 fully saturated rings. The minimum Gasteiger partial charge on any atom is -0.384 e. The maximum absolute atomic E-state index is 12.0. The van der Waals surface area contributed by atoms with Crippen molar-refractivity contribution >= 4 is 11.6 Å². The minimum absolute atomic E-state index is 0.214. The van der Waals surface area contributed by atoms with Gasteiger partial charge in [0, 0.05) is 18.2 Å². The maximum Gasteiger partial charge on any atom is 0.269 e. The van der Waals surface area contributed by atoms with E-state index >= 15 is 0 Å². The summed E-state index contributed by atoms with van der Waals surface area (Å²) in [5.74, 6) is -0.514. The second-order valence-electron chi connectivity index (χ2n) is 4.69. The highest BCUT2D eigenvalue weighted by molar-refractivity contribution is 5.94. The molecule has 0 saturated heterocycles. The van der Waals surface area contributed by atoms with Crippen LogP contribution in [0.2, 0.25) is 0 Å². The van der Waals surface area contributed by atoms with Gasteiger partial charge in [-0.15, -0.1) is 0 Å². The van der Waals surface area contributed by atoms with Gasteiger partial charge in [0.15, 0.2) is 0 Å². The van der Waals surface area contributed by atoms with Crippen LogP contribution < -0.4 is 16.6 Å². The number of hydrogen-bond donors (Lipinski definition) is 2. The van der Waals surface area contributed by atoms with Crippen molar-refractivity contribution in [2.24, 2.45) is 5.73 Å². The van der Waals surface area contributed by atoms with Gasteiger partial charge in [0.05, 0.1) is 18.4 Å². The van der Waals surface area contributed by atoms with E-state index in [0.29, 0.717) is 16.8 Å². The Bertz CT molecular complexity index is 694. The Morgan fingerprint density at radius 3 is 2.81 bits per heavy atom. The Kier molecular flexibility index (Phi) is 4.71. The van der Waals surface area contributed by atoms with Gasteiger partial charge >= 0.3 is 0 Å². The van der Waals surface area contributed by atoms with Gasteiger partial charge < -0.3 is 11.1 Å². The third kappa shape index (κ3) is 3.68. The molecule has 0 radical (unpaired) electrons. The third-order valence-electron chi connectivity index (χ3n) is 3.05. The molecule has 0 atom stereocenters. The lowest BCUT2D eigenvalue weighted by Crippen LogP contribution is -2.25. The zero-order chi connectivity index (χ0) is 15.2. The molecule has 0 saturated carbocycles. The van der Waals surface area contributed by atoms with E-state index in [1.165, 1.54) is 10.7 Å². The molecule has 0 aliphatic rings. The van der Waals surface area contributed by atoms with Crippen molar-refractivity contribution in [3.63, 3.8) is 0 Å². The van der Waals surface area contributed by atoms with Crippen molar-refractivity contribution in [3.8, 4) is 0 Å². The van der Waals surface area contributed by atoms with Crippen LogP contribution in [0.25, 0.3) is 0 Å². The van der Waals surface area contributed by atoms with Crippen molar-refractivity contribution < 1.29 is 4.79 Å². The number of rotatable bonds is 6.